The first kappa shape index (κ1) is 21.4. The summed E-state index contributed by atoms with van der Waals surface area (Å²) in [6.07, 6.45) is 5.42. The molecule has 5 nitrogen and oxygen atoms in total. The minimum atomic E-state index is -0.828. The molecule has 1 N–H and O–H groups in total. The third kappa shape index (κ3) is 5.25. The monoisotopic (exact) mass is 436 g/mol. The van der Waals surface area contributed by atoms with Crippen LogP contribution in [0.15, 0.2) is 64.4 Å². The summed E-state index contributed by atoms with van der Waals surface area (Å²) in [5, 5.41) is 5.08. The summed E-state index contributed by atoms with van der Waals surface area (Å²) < 4.78 is 5.89. The van der Waals surface area contributed by atoms with Gasteiger partial charge in [0.1, 0.15) is 11.5 Å². The average Bonchev–Trinajstić information content (AvgIpc) is 3.46. The molecular weight excluding hydrogens is 408 g/mol. The van der Waals surface area contributed by atoms with Crippen molar-refractivity contribution in [2.24, 2.45) is 0 Å². The van der Waals surface area contributed by atoms with Crippen molar-refractivity contribution in [3.05, 3.63) is 81.9 Å². The third-order valence-electron chi connectivity index (χ3n) is 5.73. The highest BCUT2D eigenvalue weighted by atomic mass is 32.1. The molecule has 1 fully saturated rings. The quantitative estimate of drug-likeness (QED) is 0.533. The van der Waals surface area contributed by atoms with Crippen molar-refractivity contribution in [3.8, 4) is 0 Å². The van der Waals surface area contributed by atoms with Crippen molar-refractivity contribution in [1.82, 2.24) is 10.2 Å². The van der Waals surface area contributed by atoms with E-state index in [0.717, 1.165) is 31.2 Å². The lowest BCUT2D eigenvalue weighted by Crippen LogP contribution is -2.46. The highest BCUT2D eigenvalue weighted by molar-refractivity contribution is 7.12. The number of carbonyl (C=O) groups excluding carboxylic acids is 2. The fraction of sp³-hybridized carbons (Fsp3) is 0.360. The minimum absolute atomic E-state index is 0.148. The number of aryl methyl sites for hydroxylation is 1. The Hall–Kier alpha value is -2.86. The van der Waals surface area contributed by atoms with E-state index in [1.54, 1.807) is 17.0 Å². The molecule has 0 saturated heterocycles. The molecule has 0 aliphatic heterocycles. The molecule has 0 bridgehead atoms. The van der Waals surface area contributed by atoms with Crippen LogP contribution in [0.3, 0.4) is 0 Å². The van der Waals surface area contributed by atoms with E-state index in [2.05, 4.69) is 5.32 Å². The average molecular weight is 437 g/mol. The highest BCUT2D eigenvalue weighted by Gasteiger charge is 2.36. The summed E-state index contributed by atoms with van der Waals surface area (Å²) in [7, 11) is 0. The molecule has 6 heteroatoms. The van der Waals surface area contributed by atoms with Crippen molar-refractivity contribution in [2.45, 2.75) is 57.7 Å². The zero-order valence-corrected chi connectivity index (χ0v) is 18.6. The Bertz CT molecular complexity index is 991. The maximum absolute atomic E-state index is 13.6. The van der Waals surface area contributed by atoms with Crippen LogP contribution in [0.1, 0.15) is 64.9 Å². The number of nitrogens with one attached hydrogen (secondary N) is 1. The van der Waals surface area contributed by atoms with E-state index >= 15 is 0 Å². The van der Waals surface area contributed by atoms with E-state index in [1.807, 2.05) is 54.8 Å². The van der Waals surface area contributed by atoms with E-state index in [-0.39, 0.29) is 17.9 Å². The maximum atomic E-state index is 13.6. The smallest absolute Gasteiger partial charge is 0.265 e. The molecule has 4 rings (SSSR count). The Kier molecular flexibility index (Phi) is 6.87. The van der Waals surface area contributed by atoms with Crippen LogP contribution in [0.5, 0.6) is 0 Å². The summed E-state index contributed by atoms with van der Waals surface area (Å²) in [5.41, 5.74) is 0.964. The van der Waals surface area contributed by atoms with E-state index < -0.39 is 6.04 Å². The number of rotatable bonds is 7. The lowest BCUT2D eigenvalue weighted by molar-refractivity contribution is -0.127. The van der Waals surface area contributed by atoms with E-state index in [9.17, 15) is 9.59 Å². The maximum Gasteiger partial charge on any atom is 0.265 e. The van der Waals surface area contributed by atoms with Gasteiger partial charge in [-0.2, -0.15) is 0 Å². The normalized spacial score (nSPS) is 15.4. The molecule has 0 radical (unpaired) electrons. The summed E-state index contributed by atoms with van der Waals surface area (Å²) >= 11 is 1.38. The summed E-state index contributed by atoms with van der Waals surface area (Å²) in [6, 6.07) is 16.4. The Morgan fingerprint density at radius 2 is 1.84 bits per heavy atom. The first-order valence-corrected chi connectivity index (χ1v) is 11.7. The van der Waals surface area contributed by atoms with Gasteiger partial charge in [-0.25, -0.2) is 0 Å². The summed E-state index contributed by atoms with van der Waals surface area (Å²) in [6.45, 7) is 2.17. The second-order valence-electron chi connectivity index (χ2n) is 8.09. The standard InChI is InChI=1S/C25H28N2O3S/c1-18-14-15-21(30-18)23(24(28)26-20-11-6-3-7-12-20)27(17-19-9-4-2-5-10-19)25(29)22-13-8-16-31-22/h2,4-5,8-10,13-16,20,23H,3,6-7,11-12,17H2,1H3,(H,26,28). The van der Waals surface area contributed by atoms with Crippen LogP contribution in [-0.2, 0) is 11.3 Å². The number of carbonyl (C=O) groups is 2. The third-order valence-corrected chi connectivity index (χ3v) is 6.59. The molecule has 1 aliphatic carbocycles. The second kappa shape index (κ2) is 9.96. The van der Waals surface area contributed by atoms with Crippen molar-refractivity contribution in [3.63, 3.8) is 0 Å². The zero-order valence-electron chi connectivity index (χ0n) is 17.8. The molecular formula is C25H28N2O3S. The zero-order chi connectivity index (χ0) is 21.6. The van der Waals surface area contributed by atoms with Crippen molar-refractivity contribution in [2.75, 3.05) is 0 Å². The lowest BCUT2D eigenvalue weighted by atomic mass is 9.95. The Morgan fingerprint density at radius 1 is 1.06 bits per heavy atom. The fourth-order valence-corrected chi connectivity index (χ4v) is 4.83. The van der Waals surface area contributed by atoms with Crippen molar-refractivity contribution in [1.29, 1.82) is 0 Å². The molecule has 2 amide bonds. The van der Waals surface area contributed by atoms with Gasteiger partial charge >= 0.3 is 0 Å². The Balaban J connectivity index is 1.69. The van der Waals surface area contributed by atoms with E-state index in [4.69, 9.17) is 4.42 Å². The predicted octanol–water partition coefficient (Wildman–Crippen LogP) is 5.48. The molecule has 1 saturated carbocycles. The predicted molar refractivity (Wildman–Crippen MR) is 122 cm³/mol. The molecule has 1 unspecified atom stereocenters. The molecule has 1 atom stereocenters. The van der Waals surface area contributed by atoms with Gasteiger partial charge in [0.25, 0.3) is 11.8 Å². The van der Waals surface area contributed by atoms with Crippen LogP contribution in [0.2, 0.25) is 0 Å². The molecule has 3 aromatic rings. The number of nitrogens with zero attached hydrogens (tertiary/aromatic N) is 1. The first-order valence-electron chi connectivity index (χ1n) is 10.9. The summed E-state index contributed by atoms with van der Waals surface area (Å²) in [4.78, 5) is 29.4. The molecule has 162 valence electrons. The van der Waals surface area contributed by atoms with E-state index in [1.165, 1.54) is 17.8 Å². The molecule has 2 heterocycles. The molecule has 2 aromatic heterocycles. The topological polar surface area (TPSA) is 62.6 Å². The molecule has 1 aromatic carbocycles. The van der Waals surface area contributed by atoms with Gasteiger partial charge in [-0.1, -0.05) is 55.7 Å². The van der Waals surface area contributed by atoms with Gasteiger partial charge in [-0.15, -0.1) is 11.3 Å². The number of amides is 2. The highest BCUT2D eigenvalue weighted by Crippen LogP contribution is 2.29. The van der Waals surface area contributed by atoms with Gasteiger partial charge in [0.05, 0.1) is 4.88 Å². The summed E-state index contributed by atoms with van der Waals surface area (Å²) in [5.74, 6) is 0.860. The van der Waals surface area contributed by atoms with Gasteiger partial charge in [0.15, 0.2) is 6.04 Å². The number of furan rings is 1. The van der Waals surface area contributed by atoms with Gasteiger partial charge in [-0.3, -0.25) is 9.59 Å². The molecule has 1 aliphatic rings. The molecule has 0 spiro atoms. The van der Waals surface area contributed by atoms with Crippen LogP contribution >= 0.6 is 11.3 Å². The lowest BCUT2D eigenvalue weighted by Gasteiger charge is -2.32. The number of benzene rings is 1. The van der Waals surface area contributed by atoms with Gasteiger partial charge in [0, 0.05) is 12.6 Å². The fourth-order valence-electron chi connectivity index (χ4n) is 4.15. The first-order chi connectivity index (χ1) is 15.1. The largest absolute Gasteiger partial charge is 0.464 e. The van der Waals surface area contributed by atoms with Crippen molar-refractivity contribution >= 4 is 23.2 Å². The van der Waals surface area contributed by atoms with Crippen LogP contribution < -0.4 is 5.32 Å². The van der Waals surface area contributed by atoms with Gasteiger partial charge < -0.3 is 14.6 Å². The molecule has 31 heavy (non-hydrogen) atoms. The minimum Gasteiger partial charge on any atom is -0.464 e. The van der Waals surface area contributed by atoms with Gasteiger partial charge in [0.2, 0.25) is 0 Å². The number of hydrogen-bond acceptors (Lipinski definition) is 4. The Labute approximate surface area is 187 Å². The Morgan fingerprint density at radius 3 is 2.48 bits per heavy atom. The van der Waals surface area contributed by atoms with Crippen LogP contribution in [0, 0.1) is 6.92 Å². The van der Waals surface area contributed by atoms with Gasteiger partial charge in [-0.05, 0) is 48.9 Å². The van der Waals surface area contributed by atoms with Crippen LogP contribution in [0.4, 0.5) is 0 Å². The van der Waals surface area contributed by atoms with Crippen LogP contribution in [0.25, 0.3) is 0 Å². The SMILES string of the molecule is Cc1ccc(C(C(=O)NC2CCCCC2)N(Cc2ccccc2)C(=O)c2cccs2)o1. The second-order valence-corrected chi connectivity index (χ2v) is 9.04. The van der Waals surface area contributed by atoms with Crippen LogP contribution in [-0.4, -0.2) is 22.8 Å². The number of hydrogen-bond donors (Lipinski definition) is 1. The van der Waals surface area contributed by atoms with E-state index in [0.29, 0.717) is 22.9 Å². The van der Waals surface area contributed by atoms with Crippen molar-refractivity contribution < 1.29 is 14.0 Å². The number of thiophene rings is 1.